The molecule has 0 amide bonds. The van der Waals surface area contributed by atoms with E-state index in [4.69, 9.17) is 25.8 Å². The average molecular weight is 244 g/mol. The predicted octanol–water partition coefficient (Wildman–Crippen LogP) is -0.573. The molecule has 2 saturated heterocycles. The van der Waals surface area contributed by atoms with Crippen LogP contribution in [0.4, 0.5) is 0 Å². The van der Waals surface area contributed by atoms with Gasteiger partial charge in [0, 0.05) is 5.38 Å². The summed E-state index contributed by atoms with van der Waals surface area (Å²) in [7, 11) is 1.84. The molecule has 2 heterocycles. The second kappa shape index (κ2) is 3.90. The van der Waals surface area contributed by atoms with Gasteiger partial charge in [0.2, 0.25) is 0 Å². The zero-order valence-electron chi connectivity index (χ0n) is 9.49. The lowest BCUT2D eigenvalue weighted by atomic mass is 9.81. The minimum absolute atomic E-state index is 0.125. The molecule has 0 saturated carbocycles. The molecule has 16 heavy (non-hydrogen) atoms. The Labute approximate surface area is 101 Å². The topological polar surface area (TPSA) is 47.9 Å². The van der Waals surface area contributed by atoms with Gasteiger partial charge < -0.3 is 19.3 Å². The van der Waals surface area contributed by atoms with E-state index in [1.807, 2.05) is 21.7 Å². The van der Waals surface area contributed by atoms with E-state index in [1.165, 1.54) is 0 Å². The fourth-order valence-corrected chi connectivity index (χ4v) is 2.54. The average Bonchev–Trinajstić information content (AvgIpc) is 2.58. The van der Waals surface area contributed by atoms with Gasteiger partial charge in [-0.3, -0.25) is 0 Å². The van der Waals surface area contributed by atoms with Crippen LogP contribution in [-0.2, 0) is 14.2 Å². The highest BCUT2D eigenvalue weighted by atomic mass is 35.5. The lowest BCUT2D eigenvalue weighted by molar-refractivity contribution is -0.189. The minimum atomic E-state index is -0.876. The molecule has 2 aliphatic heterocycles. The fraction of sp³-hybridized carbons (Fsp3) is 0.800. The van der Waals surface area contributed by atoms with Crippen LogP contribution in [0.25, 0.3) is 0 Å². The highest BCUT2D eigenvalue weighted by Crippen LogP contribution is 2.45. The molecule has 2 rings (SSSR count). The second-order valence-electron chi connectivity index (χ2n) is 4.55. The Morgan fingerprint density at radius 2 is 2.19 bits per heavy atom. The highest BCUT2D eigenvalue weighted by molar-refractivity contribution is 6.30. The molecule has 6 heteroatoms. The minimum Gasteiger partial charge on any atom is -0.394 e. The molecule has 2 unspecified atom stereocenters. The number of ether oxygens (including phenoxy) is 3. The van der Waals surface area contributed by atoms with Crippen molar-refractivity contribution < 1.29 is 19.3 Å². The van der Waals surface area contributed by atoms with Crippen LogP contribution in [-0.4, -0.2) is 49.2 Å². The Morgan fingerprint density at radius 3 is 2.75 bits per heavy atom. The smallest absolute Gasteiger partial charge is 0.179 e. The van der Waals surface area contributed by atoms with Gasteiger partial charge in [0.15, 0.2) is 11.4 Å². The van der Waals surface area contributed by atoms with E-state index in [9.17, 15) is 5.11 Å². The molecule has 88 valence electrons. The molecule has 0 aromatic carbocycles. The first-order valence-corrected chi connectivity index (χ1v) is 5.60. The molecule has 0 aromatic rings. The molecule has 0 radical (unpaired) electrons. The third kappa shape index (κ3) is 1.66. The summed E-state index contributed by atoms with van der Waals surface area (Å²) in [6.45, 7) is 3.49. The van der Waals surface area contributed by atoms with Crippen LogP contribution in [0.3, 0.4) is 0 Å². The maximum absolute atomic E-state index is 9.24. The maximum Gasteiger partial charge on any atom is 0.179 e. The summed E-state index contributed by atoms with van der Waals surface area (Å²) in [5.41, 5.74) is -0.876. The lowest BCUT2D eigenvalue weighted by Crippen LogP contribution is -2.46. The van der Waals surface area contributed by atoms with Gasteiger partial charge in [-0.15, -0.1) is 0 Å². The van der Waals surface area contributed by atoms with E-state index in [0.29, 0.717) is 0 Å². The number of aliphatic hydroxyl groups excluding tert-OH is 1. The summed E-state index contributed by atoms with van der Waals surface area (Å²) < 4.78 is 17.1. The molecule has 0 bridgehead atoms. The molecule has 0 aliphatic carbocycles. The molecule has 1 N–H and O–H groups in total. The number of hydrogen-bond acceptors (Lipinski definition) is 4. The molecular weight excluding hydrogens is 230 g/mol. The van der Waals surface area contributed by atoms with Crippen LogP contribution in [0.1, 0.15) is 13.8 Å². The van der Waals surface area contributed by atoms with Crippen molar-refractivity contribution in [2.75, 3.05) is 6.61 Å². The third-order valence-electron chi connectivity index (χ3n) is 2.99. The standard InChI is InChI=1S/C10H14BClO4/c1-9(2)15-7-6(5-13)14-8(11)10(7,16-9)3-4-12/h6-8,13H,5,11H2,1-2H3/t6-,7?,8-,10?/m1/s1. The van der Waals surface area contributed by atoms with E-state index < -0.39 is 23.6 Å². The van der Waals surface area contributed by atoms with Crippen molar-refractivity contribution in [3.05, 3.63) is 0 Å². The number of hydrogen-bond donors (Lipinski definition) is 1. The van der Waals surface area contributed by atoms with E-state index in [0.717, 1.165) is 0 Å². The van der Waals surface area contributed by atoms with Crippen molar-refractivity contribution >= 4 is 19.4 Å². The summed E-state index contributed by atoms with van der Waals surface area (Å²) in [4.78, 5) is 0. The Balaban J connectivity index is 2.38. The summed E-state index contributed by atoms with van der Waals surface area (Å²) in [5.74, 6) is 2.08. The first kappa shape index (κ1) is 12.2. The zero-order valence-corrected chi connectivity index (χ0v) is 10.2. The van der Waals surface area contributed by atoms with Gasteiger partial charge in [0.1, 0.15) is 20.1 Å². The van der Waals surface area contributed by atoms with Crippen LogP contribution < -0.4 is 0 Å². The van der Waals surface area contributed by atoms with E-state index in [2.05, 4.69) is 11.3 Å². The van der Waals surface area contributed by atoms with Crippen LogP contribution in [0, 0.1) is 11.3 Å². The molecule has 2 fully saturated rings. The molecule has 4 nitrogen and oxygen atoms in total. The summed E-state index contributed by atoms with van der Waals surface area (Å²) in [5, 5.41) is 11.6. The lowest BCUT2D eigenvalue weighted by Gasteiger charge is -2.26. The SMILES string of the molecule is B[C@@H]1O[C@H](CO)C2OC(C)(C)OC21C#CCl. The number of halogens is 1. The molecule has 0 aromatic heterocycles. The van der Waals surface area contributed by atoms with Crippen LogP contribution in [0.2, 0.25) is 0 Å². The number of fused-ring (bicyclic) bond motifs is 1. The van der Waals surface area contributed by atoms with Crippen LogP contribution in [0.5, 0.6) is 0 Å². The predicted molar refractivity (Wildman–Crippen MR) is 60.7 cm³/mol. The van der Waals surface area contributed by atoms with Gasteiger partial charge in [-0.2, -0.15) is 0 Å². The maximum atomic E-state index is 9.24. The summed E-state index contributed by atoms with van der Waals surface area (Å²) >= 11 is 5.48. The van der Waals surface area contributed by atoms with Crippen molar-refractivity contribution in [2.45, 2.75) is 43.4 Å². The van der Waals surface area contributed by atoms with Crippen molar-refractivity contribution in [1.82, 2.24) is 0 Å². The van der Waals surface area contributed by atoms with Crippen molar-refractivity contribution in [1.29, 1.82) is 0 Å². The Hall–Kier alpha value is -0.245. The quantitative estimate of drug-likeness (QED) is 0.496. The zero-order chi connectivity index (χ0) is 12.0. The first-order chi connectivity index (χ1) is 7.45. The van der Waals surface area contributed by atoms with E-state index in [1.54, 1.807) is 0 Å². The largest absolute Gasteiger partial charge is 0.394 e. The molecule has 0 spiro atoms. The second-order valence-corrected chi connectivity index (χ2v) is 4.74. The Morgan fingerprint density at radius 1 is 1.50 bits per heavy atom. The monoisotopic (exact) mass is 244 g/mol. The molecule has 2 aliphatic rings. The summed E-state index contributed by atoms with van der Waals surface area (Å²) in [6.07, 6.45) is -0.831. The van der Waals surface area contributed by atoms with Crippen molar-refractivity contribution in [2.24, 2.45) is 0 Å². The van der Waals surface area contributed by atoms with Crippen molar-refractivity contribution in [3.63, 3.8) is 0 Å². The Bertz CT molecular complexity index is 350. The number of rotatable bonds is 1. The fourth-order valence-electron chi connectivity index (χ4n) is 2.39. The Kier molecular flexibility index (Phi) is 2.98. The number of aliphatic hydroxyl groups is 1. The van der Waals surface area contributed by atoms with Crippen LogP contribution >= 0.6 is 11.6 Å². The highest BCUT2D eigenvalue weighted by Gasteiger charge is 2.63. The van der Waals surface area contributed by atoms with Crippen molar-refractivity contribution in [3.8, 4) is 11.3 Å². The van der Waals surface area contributed by atoms with Crippen LogP contribution in [0.15, 0.2) is 0 Å². The van der Waals surface area contributed by atoms with E-state index in [-0.39, 0.29) is 12.6 Å². The van der Waals surface area contributed by atoms with E-state index >= 15 is 0 Å². The third-order valence-corrected chi connectivity index (χ3v) is 3.09. The normalized spacial score (nSPS) is 44.9. The van der Waals surface area contributed by atoms with Gasteiger partial charge in [-0.25, -0.2) is 0 Å². The van der Waals surface area contributed by atoms with Gasteiger partial charge in [-0.1, -0.05) is 0 Å². The molecule has 4 atom stereocenters. The first-order valence-electron chi connectivity index (χ1n) is 5.22. The molecular formula is C10H14BClO4. The van der Waals surface area contributed by atoms with Gasteiger partial charge in [0.05, 0.1) is 12.6 Å². The van der Waals surface area contributed by atoms with Gasteiger partial charge in [0.25, 0.3) is 0 Å². The summed E-state index contributed by atoms with van der Waals surface area (Å²) in [6, 6.07) is -0.289. The van der Waals surface area contributed by atoms with Gasteiger partial charge >= 0.3 is 0 Å². The van der Waals surface area contributed by atoms with Gasteiger partial charge in [-0.05, 0) is 31.4 Å².